The molecule has 34 heavy (non-hydrogen) atoms. The molecule has 2 aromatic carbocycles. The number of quaternary nitrogens is 1. The quantitative estimate of drug-likeness (QED) is 0.559. The number of rotatable bonds is 9. The standard InChI is InChI=1S/C26H36NO7/c1-29-20-13-16-8-10-27(9-7-11-28)15-18-17(14-21(30-2)24(32-4)23(18)31-3)12-19(27)22(16)26(34-6)25(20)33-5/h13-14,19,28H,7-12,15H2,1-6H3/q+1/t19-,27?/m1/s1. The Kier molecular flexibility index (Phi) is 7.00. The predicted octanol–water partition coefficient (Wildman–Crippen LogP) is 3.29. The van der Waals surface area contributed by atoms with Crippen LogP contribution in [0.2, 0.25) is 0 Å². The largest absolute Gasteiger partial charge is 0.493 e. The molecular formula is C26H36NO7+. The number of nitrogens with zero attached hydrogens (tertiary/aromatic N) is 1. The van der Waals surface area contributed by atoms with Gasteiger partial charge in [0.2, 0.25) is 11.5 Å². The highest BCUT2D eigenvalue weighted by Gasteiger charge is 2.49. The molecule has 2 aliphatic heterocycles. The summed E-state index contributed by atoms with van der Waals surface area (Å²) in [5, 5.41) is 9.74. The first-order valence-corrected chi connectivity index (χ1v) is 11.6. The lowest BCUT2D eigenvalue weighted by Gasteiger charge is -2.52. The number of hydrogen-bond acceptors (Lipinski definition) is 7. The van der Waals surface area contributed by atoms with E-state index >= 15 is 0 Å². The third-order valence-electron chi connectivity index (χ3n) is 7.45. The van der Waals surface area contributed by atoms with E-state index in [-0.39, 0.29) is 12.6 Å². The predicted molar refractivity (Wildman–Crippen MR) is 128 cm³/mol. The van der Waals surface area contributed by atoms with Crippen molar-refractivity contribution in [3.05, 3.63) is 34.4 Å². The fourth-order valence-corrected chi connectivity index (χ4v) is 5.94. The van der Waals surface area contributed by atoms with Crippen molar-refractivity contribution in [2.24, 2.45) is 0 Å². The Morgan fingerprint density at radius 2 is 1.38 bits per heavy atom. The highest BCUT2D eigenvalue weighted by atomic mass is 16.5. The van der Waals surface area contributed by atoms with Crippen molar-refractivity contribution in [1.82, 2.24) is 0 Å². The molecule has 0 aromatic heterocycles. The molecule has 0 amide bonds. The van der Waals surface area contributed by atoms with Crippen molar-refractivity contribution in [3.8, 4) is 34.5 Å². The van der Waals surface area contributed by atoms with E-state index in [1.54, 1.807) is 42.7 Å². The van der Waals surface area contributed by atoms with E-state index in [9.17, 15) is 5.11 Å². The topological polar surface area (TPSA) is 75.6 Å². The summed E-state index contributed by atoms with van der Waals surface area (Å²) in [5.41, 5.74) is 4.68. The number of ether oxygens (including phenoxy) is 6. The molecule has 8 heteroatoms. The normalized spacial score (nSPS) is 20.5. The van der Waals surface area contributed by atoms with Crippen LogP contribution in [0.25, 0.3) is 0 Å². The van der Waals surface area contributed by atoms with Crippen LogP contribution in [0.4, 0.5) is 0 Å². The summed E-state index contributed by atoms with van der Waals surface area (Å²) in [5.74, 6) is 4.01. The number of aliphatic hydroxyl groups excluding tert-OH is 1. The number of fused-ring (bicyclic) bond motifs is 4. The van der Waals surface area contributed by atoms with Crippen LogP contribution in [0.1, 0.15) is 34.7 Å². The molecule has 0 fully saturated rings. The molecule has 8 nitrogen and oxygen atoms in total. The molecule has 0 bridgehead atoms. The van der Waals surface area contributed by atoms with E-state index in [0.29, 0.717) is 29.4 Å². The van der Waals surface area contributed by atoms with Gasteiger partial charge in [0.25, 0.3) is 0 Å². The molecule has 0 aliphatic carbocycles. The monoisotopic (exact) mass is 474 g/mol. The van der Waals surface area contributed by atoms with Gasteiger partial charge in [-0.1, -0.05) is 0 Å². The van der Waals surface area contributed by atoms with Gasteiger partial charge in [-0.25, -0.2) is 0 Å². The van der Waals surface area contributed by atoms with Gasteiger partial charge in [-0.3, -0.25) is 0 Å². The van der Waals surface area contributed by atoms with E-state index < -0.39 is 0 Å². The van der Waals surface area contributed by atoms with Crippen molar-refractivity contribution < 1.29 is 38.0 Å². The fourth-order valence-electron chi connectivity index (χ4n) is 5.94. The molecular weight excluding hydrogens is 438 g/mol. The molecule has 0 saturated heterocycles. The summed E-state index contributed by atoms with van der Waals surface area (Å²) in [6.07, 6.45) is 2.36. The Morgan fingerprint density at radius 3 is 1.94 bits per heavy atom. The number of methoxy groups -OCH3 is 6. The van der Waals surface area contributed by atoms with E-state index in [4.69, 9.17) is 28.4 Å². The average Bonchev–Trinajstić information content (AvgIpc) is 2.88. The lowest BCUT2D eigenvalue weighted by atomic mass is 9.80. The number of hydrogen-bond donors (Lipinski definition) is 1. The maximum absolute atomic E-state index is 9.74. The molecule has 4 rings (SSSR count). The fraction of sp³-hybridized carbons (Fsp3) is 0.538. The first-order chi connectivity index (χ1) is 16.5. The Balaban J connectivity index is 1.96. The van der Waals surface area contributed by atoms with Crippen LogP contribution in [0.5, 0.6) is 34.5 Å². The Morgan fingerprint density at radius 1 is 0.794 bits per heavy atom. The maximum Gasteiger partial charge on any atom is 0.203 e. The van der Waals surface area contributed by atoms with Crippen LogP contribution < -0.4 is 28.4 Å². The van der Waals surface area contributed by atoms with E-state index in [1.807, 2.05) is 0 Å². The summed E-state index contributed by atoms with van der Waals surface area (Å²) < 4.78 is 35.3. The summed E-state index contributed by atoms with van der Waals surface area (Å²) in [7, 11) is 9.93. The molecule has 2 heterocycles. The van der Waals surface area contributed by atoms with Crippen LogP contribution >= 0.6 is 0 Å². The van der Waals surface area contributed by atoms with Gasteiger partial charge in [0.1, 0.15) is 12.6 Å². The minimum Gasteiger partial charge on any atom is -0.493 e. The average molecular weight is 475 g/mol. The van der Waals surface area contributed by atoms with Gasteiger partial charge < -0.3 is 38.0 Å². The Labute approximate surface area is 201 Å². The zero-order valence-corrected chi connectivity index (χ0v) is 21.0. The second kappa shape index (κ2) is 9.80. The molecule has 1 unspecified atom stereocenters. The second-order valence-corrected chi connectivity index (χ2v) is 8.87. The lowest BCUT2D eigenvalue weighted by Crippen LogP contribution is -2.57. The highest BCUT2D eigenvalue weighted by Crippen LogP contribution is 2.55. The van der Waals surface area contributed by atoms with Gasteiger partial charge >= 0.3 is 0 Å². The molecule has 0 radical (unpaired) electrons. The van der Waals surface area contributed by atoms with Gasteiger partial charge in [0.05, 0.1) is 66.9 Å². The summed E-state index contributed by atoms with van der Waals surface area (Å²) in [4.78, 5) is 0. The number of aliphatic hydroxyl groups is 1. The highest BCUT2D eigenvalue weighted by molar-refractivity contribution is 5.63. The first-order valence-electron chi connectivity index (χ1n) is 11.6. The molecule has 186 valence electrons. The summed E-state index contributed by atoms with van der Waals surface area (Å²) in [6.45, 7) is 2.70. The van der Waals surface area contributed by atoms with Crippen LogP contribution in [0.15, 0.2) is 12.1 Å². The molecule has 0 saturated carbocycles. The maximum atomic E-state index is 9.74. The summed E-state index contributed by atoms with van der Waals surface area (Å²) in [6, 6.07) is 4.28. The van der Waals surface area contributed by atoms with Gasteiger partial charge in [-0.05, 0) is 23.3 Å². The minimum absolute atomic E-state index is 0.125. The van der Waals surface area contributed by atoms with Crippen molar-refractivity contribution >= 4 is 0 Å². The molecule has 0 spiro atoms. The number of benzene rings is 2. The van der Waals surface area contributed by atoms with E-state index in [2.05, 4.69) is 12.1 Å². The molecule has 2 aliphatic rings. The Hall–Kier alpha value is -2.84. The van der Waals surface area contributed by atoms with Gasteiger partial charge in [-0.15, -0.1) is 0 Å². The molecule has 2 aromatic rings. The van der Waals surface area contributed by atoms with Crippen LogP contribution in [-0.2, 0) is 19.4 Å². The minimum atomic E-state index is 0.125. The van der Waals surface area contributed by atoms with Crippen LogP contribution in [0, 0.1) is 0 Å². The molecule has 1 N–H and O–H groups in total. The zero-order chi connectivity index (χ0) is 24.5. The third kappa shape index (κ3) is 3.69. The van der Waals surface area contributed by atoms with Gasteiger partial charge in [0, 0.05) is 25.9 Å². The van der Waals surface area contributed by atoms with Crippen molar-refractivity contribution in [3.63, 3.8) is 0 Å². The van der Waals surface area contributed by atoms with Crippen LogP contribution in [0.3, 0.4) is 0 Å². The zero-order valence-electron chi connectivity index (χ0n) is 21.0. The molecule has 2 atom stereocenters. The van der Waals surface area contributed by atoms with Crippen molar-refractivity contribution in [1.29, 1.82) is 0 Å². The first kappa shape index (κ1) is 24.3. The van der Waals surface area contributed by atoms with Gasteiger partial charge in [0.15, 0.2) is 23.0 Å². The summed E-state index contributed by atoms with van der Waals surface area (Å²) >= 11 is 0. The third-order valence-corrected chi connectivity index (χ3v) is 7.45. The second-order valence-electron chi connectivity index (χ2n) is 8.87. The van der Waals surface area contributed by atoms with E-state index in [1.165, 1.54) is 11.1 Å². The van der Waals surface area contributed by atoms with Gasteiger partial charge in [-0.2, -0.15) is 0 Å². The SMILES string of the molecule is COc1cc2c(c(OC)c1OC)C[N+]1(CCCO)CCc3cc(OC)c(OC)c(OC)c3[C@H]1C2. The smallest absolute Gasteiger partial charge is 0.203 e. The van der Waals surface area contributed by atoms with Crippen LogP contribution in [-0.4, -0.2) is 71.9 Å². The van der Waals surface area contributed by atoms with E-state index in [0.717, 1.165) is 59.6 Å². The Bertz CT molecular complexity index is 1050. The lowest BCUT2D eigenvalue weighted by molar-refractivity contribution is -0.973. The van der Waals surface area contributed by atoms with Crippen molar-refractivity contribution in [2.45, 2.75) is 31.8 Å². The van der Waals surface area contributed by atoms with Crippen molar-refractivity contribution in [2.75, 3.05) is 62.4 Å².